The molecule has 1 saturated heterocycles. The first-order valence-corrected chi connectivity index (χ1v) is 4.57. The Morgan fingerprint density at radius 3 is 2.69 bits per heavy atom. The second-order valence-electron chi connectivity index (χ2n) is 2.60. The van der Waals surface area contributed by atoms with Crippen LogP contribution in [0.4, 0.5) is 0 Å². The van der Waals surface area contributed by atoms with Crippen LogP contribution in [-0.4, -0.2) is 18.2 Å². The van der Waals surface area contributed by atoms with Crippen LogP contribution in [0.25, 0.3) is 0 Å². The van der Waals surface area contributed by atoms with Crippen molar-refractivity contribution < 1.29 is 9.47 Å². The number of pyridine rings is 1. The molecule has 0 aliphatic carbocycles. The van der Waals surface area contributed by atoms with Gasteiger partial charge in [-0.25, -0.2) is 4.98 Å². The number of ether oxygens (including phenoxy) is 2. The van der Waals surface area contributed by atoms with E-state index in [0.29, 0.717) is 23.4 Å². The zero-order valence-corrected chi connectivity index (χ0v) is 8.18. The van der Waals surface area contributed by atoms with Crippen molar-refractivity contribution in [2.75, 3.05) is 13.2 Å². The Hall–Kier alpha value is -0.350. The van der Waals surface area contributed by atoms with Crippen LogP contribution >= 0.6 is 23.2 Å². The molecule has 0 amide bonds. The van der Waals surface area contributed by atoms with Gasteiger partial charge in [-0.3, -0.25) is 0 Å². The molecule has 0 bridgehead atoms. The highest BCUT2D eigenvalue weighted by atomic mass is 35.5. The number of hydrogen-bond donors (Lipinski definition) is 0. The molecule has 2 heterocycles. The van der Waals surface area contributed by atoms with Gasteiger partial charge in [0.2, 0.25) is 0 Å². The van der Waals surface area contributed by atoms with E-state index >= 15 is 0 Å². The van der Waals surface area contributed by atoms with Gasteiger partial charge < -0.3 is 9.47 Å². The normalized spacial score (nSPS) is 18.0. The summed E-state index contributed by atoms with van der Waals surface area (Å²) in [7, 11) is 0. The second-order valence-corrected chi connectivity index (χ2v) is 3.40. The van der Waals surface area contributed by atoms with Gasteiger partial charge in [0.25, 0.3) is 0 Å². The van der Waals surface area contributed by atoms with E-state index in [-0.39, 0.29) is 0 Å². The summed E-state index contributed by atoms with van der Waals surface area (Å²) in [5.41, 5.74) is 0.735. The SMILES string of the molecule is Clc1cc(C2OCCO2)c(Cl)cn1. The lowest BCUT2D eigenvalue weighted by Gasteiger charge is -2.10. The van der Waals surface area contributed by atoms with Gasteiger partial charge in [-0.05, 0) is 6.07 Å². The monoisotopic (exact) mass is 219 g/mol. The van der Waals surface area contributed by atoms with E-state index in [9.17, 15) is 0 Å². The highest BCUT2D eigenvalue weighted by Crippen LogP contribution is 2.30. The average Bonchev–Trinajstić information content (AvgIpc) is 2.61. The van der Waals surface area contributed by atoms with Gasteiger partial charge in [0.05, 0.1) is 18.2 Å². The van der Waals surface area contributed by atoms with Crippen molar-refractivity contribution in [3.05, 3.63) is 28.0 Å². The molecular formula is C8H7Cl2NO2. The molecule has 0 atom stereocenters. The Balaban J connectivity index is 2.32. The zero-order valence-electron chi connectivity index (χ0n) is 6.67. The van der Waals surface area contributed by atoms with E-state index in [0.717, 1.165) is 5.56 Å². The fraction of sp³-hybridized carbons (Fsp3) is 0.375. The van der Waals surface area contributed by atoms with Crippen molar-refractivity contribution in [1.29, 1.82) is 0 Å². The van der Waals surface area contributed by atoms with Gasteiger partial charge in [-0.15, -0.1) is 0 Å². The predicted octanol–water partition coefficient (Wildman–Crippen LogP) is 2.43. The van der Waals surface area contributed by atoms with Crippen LogP contribution in [-0.2, 0) is 9.47 Å². The third-order valence-corrected chi connectivity index (χ3v) is 2.25. The van der Waals surface area contributed by atoms with Gasteiger partial charge in [0.1, 0.15) is 5.15 Å². The fourth-order valence-electron chi connectivity index (χ4n) is 1.15. The molecule has 1 aliphatic heterocycles. The Morgan fingerprint density at radius 1 is 1.31 bits per heavy atom. The molecule has 0 aromatic carbocycles. The summed E-state index contributed by atoms with van der Waals surface area (Å²) in [6.07, 6.45) is 1.09. The molecule has 5 heteroatoms. The second kappa shape index (κ2) is 3.80. The minimum atomic E-state index is -0.395. The molecule has 0 unspecified atom stereocenters. The van der Waals surface area contributed by atoms with Crippen LogP contribution in [0.5, 0.6) is 0 Å². The van der Waals surface area contributed by atoms with Crippen LogP contribution in [0.3, 0.4) is 0 Å². The summed E-state index contributed by atoms with van der Waals surface area (Å²) in [4.78, 5) is 3.83. The highest BCUT2D eigenvalue weighted by Gasteiger charge is 2.21. The first-order valence-electron chi connectivity index (χ1n) is 3.81. The van der Waals surface area contributed by atoms with Crippen molar-refractivity contribution in [2.45, 2.75) is 6.29 Å². The van der Waals surface area contributed by atoms with Gasteiger partial charge in [-0.1, -0.05) is 23.2 Å². The largest absolute Gasteiger partial charge is 0.346 e. The lowest BCUT2D eigenvalue weighted by Crippen LogP contribution is -1.99. The number of rotatable bonds is 1. The molecule has 13 heavy (non-hydrogen) atoms. The molecule has 70 valence electrons. The van der Waals surface area contributed by atoms with Crippen molar-refractivity contribution >= 4 is 23.2 Å². The molecule has 2 rings (SSSR count). The van der Waals surface area contributed by atoms with Crippen molar-refractivity contribution in [1.82, 2.24) is 4.98 Å². The van der Waals surface area contributed by atoms with Crippen LogP contribution in [0.2, 0.25) is 10.2 Å². The molecule has 1 aliphatic rings. The summed E-state index contributed by atoms with van der Waals surface area (Å²) in [5, 5.41) is 0.898. The molecule has 1 fully saturated rings. The van der Waals surface area contributed by atoms with Gasteiger partial charge in [0, 0.05) is 11.8 Å². The lowest BCUT2D eigenvalue weighted by molar-refractivity contribution is -0.0440. The highest BCUT2D eigenvalue weighted by molar-refractivity contribution is 6.32. The maximum absolute atomic E-state index is 5.90. The quantitative estimate of drug-likeness (QED) is 0.681. The van der Waals surface area contributed by atoms with Crippen LogP contribution in [0.15, 0.2) is 12.3 Å². The molecule has 1 aromatic rings. The number of halogens is 2. The molecule has 0 N–H and O–H groups in total. The first-order chi connectivity index (χ1) is 6.27. The summed E-state index contributed by atoms with van der Waals surface area (Å²) in [5.74, 6) is 0. The summed E-state index contributed by atoms with van der Waals surface area (Å²) in [6, 6.07) is 1.65. The third kappa shape index (κ3) is 1.94. The van der Waals surface area contributed by atoms with E-state index in [4.69, 9.17) is 32.7 Å². The molecule has 3 nitrogen and oxygen atoms in total. The lowest BCUT2D eigenvalue weighted by atomic mass is 10.2. The number of aromatic nitrogens is 1. The van der Waals surface area contributed by atoms with Gasteiger partial charge in [-0.2, -0.15) is 0 Å². The van der Waals surface area contributed by atoms with Crippen molar-refractivity contribution in [3.8, 4) is 0 Å². The fourth-order valence-corrected chi connectivity index (χ4v) is 1.50. The van der Waals surface area contributed by atoms with Crippen LogP contribution in [0, 0.1) is 0 Å². The molecule has 0 saturated carbocycles. The maximum atomic E-state index is 5.90. The zero-order chi connectivity index (χ0) is 9.26. The average molecular weight is 220 g/mol. The summed E-state index contributed by atoms with van der Waals surface area (Å²) < 4.78 is 10.6. The van der Waals surface area contributed by atoms with E-state index in [1.807, 2.05) is 0 Å². The first kappa shape index (κ1) is 9.21. The van der Waals surface area contributed by atoms with E-state index in [2.05, 4.69) is 4.98 Å². The van der Waals surface area contributed by atoms with Crippen molar-refractivity contribution in [2.24, 2.45) is 0 Å². The van der Waals surface area contributed by atoms with Gasteiger partial charge >= 0.3 is 0 Å². The van der Waals surface area contributed by atoms with E-state index in [1.54, 1.807) is 6.07 Å². The predicted molar refractivity (Wildman–Crippen MR) is 48.9 cm³/mol. The molecular weight excluding hydrogens is 213 g/mol. The van der Waals surface area contributed by atoms with Crippen molar-refractivity contribution in [3.63, 3.8) is 0 Å². The maximum Gasteiger partial charge on any atom is 0.185 e. The van der Waals surface area contributed by atoms with Crippen LogP contribution < -0.4 is 0 Å². The number of nitrogens with zero attached hydrogens (tertiary/aromatic N) is 1. The van der Waals surface area contributed by atoms with Crippen LogP contribution in [0.1, 0.15) is 11.9 Å². The Kier molecular flexibility index (Phi) is 2.69. The number of hydrogen-bond acceptors (Lipinski definition) is 3. The standard InChI is InChI=1S/C8H7Cl2NO2/c9-6-4-11-7(10)3-5(6)8-12-1-2-13-8/h3-4,8H,1-2H2. The molecule has 0 spiro atoms. The molecule has 0 radical (unpaired) electrons. The Labute approximate surface area is 85.6 Å². The third-order valence-electron chi connectivity index (χ3n) is 1.73. The van der Waals surface area contributed by atoms with E-state index in [1.165, 1.54) is 6.20 Å². The Bertz CT molecular complexity index is 313. The van der Waals surface area contributed by atoms with E-state index < -0.39 is 6.29 Å². The minimum absolute atomic E-state index is 0.388. The summed E-state index contributed by atoms with van der Waals surface area (Å²) >= 11 is 11.6. The van der Waals surface area contributed by atoms with Gasteiger partial charge in [0.15, 0.2) is 6.29 Å². The Morgan fingerprint density at radius 2 is 2.00 bits per heavy atom. The minimum Gasteiger partial charge on any atom is -0.346 e. The topological polar surface area (TPSA) is 31.4 Å². The molecule has 1 aromatic heterocycles. The summed E-state index contributed by atoms with van der Waals surface area (Å²) in [6.45, 7) is 1.17. The smallest absolute Gasteiger partial charge is 0.185 e.